The van der Waals surface area contributed by atoms with E-state index in [1.165, 1.54) is 12.1 Å². The van der Waals surface area contributed by atoms with Crippen molar-refractivity contribution in [2.75, 3.05) is 14.2 Å². The third-order valence-electron chi connectivity index (χ3n) is 6.00. The number of ether oxygens (including phenoxy) is 2. The zero-order valence-corrected chi connectivity index (χ0v) is 18.6. The van der Waals surface area contributed by atoms with Crippen molar-refractivity contribution in [2.45, 2.75) is 13.1 Å². The highest BCUT2D eigenvalue weighted by Crippen LogP contribution is 2.39. The SMILES string of the molecule is COc1ccc(CN2Cc3c(nc4ccc([N+](=O)[O-])cc4c3-c3ccccc3)C2=O)cc1OC. The Kier molecular flexibility index (Phi) is 5.33. The highest BCUT2D eigenvalue weighted by Gasteiger charge is 2.33. The molecule has 0 unspecified atom stereocenters. The molecule has 0 aliphatic carbocycles. The van der Waals surface area contributed by atoms with Gasteiger partial charge in [0.25, 0.3) is 11.6 Å². The molecule has 8 nitrogen and oxygen atoms in total. The number of carbonyl (C=O) groups is 1. The van der Waals surface area contributed by atoms with Gasteiger partial charge in [0.1, 0.15) is 5.69 Å². The van der Waals surface area contributed by atoms with Gasteiger partial charge in [0.05, 0.1) is 24.7 Å². The van der Waals surface area contributed by atoms with Gasteiger partial charge >= 0.3 is 0 Å². The Morgan fingerprint density at radius 1 is 1.00 bits per heavy atom. The average molecular weight is 455 g/mol. The molecule has 3 aromatic carbocycles. The van der Waals surface area contributed by atoms with Crippen molar-refractivity contribution in [3.05, 3.63) is 93.7 Å². The molecule has 0 atom stereocenters. The summed E-state index contributed by atoms with van der Waals surface area (Å²) >= 11 is 0. The standard InChI is InChI=1S/C26H21N3O5/c1-33-22-11-8-16(12-23(22)34-2)14-28-15-20-24(17-6-4-3-5-7-17)19-13-18(29(31)32)9-10-21(19)27-25(20)26(28)30/h3-13H,14-15H2,1-2H3. The van der Waals surface area contributed by atoms with E-state index in [2.05, 4.69) is 4.98 Å². The van der Waals surface area contributed by atoms with E-state index in [0.717, 1.165) is 22.3 Å². The van der Waals surface area contributed by atoms with Crippen molar-refractivity contribution < 1.29 is 19.2 Å². The molecule has 0 saturated carbocycles. The summed E-state index contributed by atoms with van der Waals surface area (Å²) < 4.78 is 10.7. The van der Waals surface area contributed by atoms with Crippen LogP contribution in [0.25, 0.3) is 22.0 Å². The van der Waals surface area contributed by atoms with Gasteiger partial charge in [-0.05, 0) is 34.9 Å². The minimum Gasteiger partial charge on any atom is -0.493 e. The monoisotopic (exact) mass is 455 g/mol. The molecule has 1 aliphatic heterocycles. The lowest BCUT2D eigenvalue weighted by molar-refractivity contribution is -0.384. The van der Waals surface area contributed by atoms with Crippen molar-refractivity contribution in [2.24, 2.45) is 0 Å². The van der Waals surface area contributed by atoms with E-state index in [1.54, 1.807) is 25.2 Å². The fourth-order valence-corrected chi connectivity index (χ4v) is 4.41. The van der Waals surface area contributed by atoms with E-state index in [4.69, 9.17) is 9.47 Å². The van der Waals surface area contributed by atoms with E-state index < -0.39 is 4.92 Å². The van der Waals surface area contributed by atoms with E-state index in [9.17, 15) is 14.9 Å². The molecule has 1 aliphatic rings. The van der Waals surface area contributed by atoms with Crippen molar-refractivity contribution in [1.29, 1.82) is 0 Å². The second-order valence-corrected chi connectivity index (χ2v) is 7.99. The summed E-state index contributed by atoms with van der Waals surface area (Å²) in [6, 6.07) is 19.7. The largest absolute Gasteiger partial charge is 0.493 e. The van der Waals surface area contributed by atoms with Gasteiger partial charge in [-0.3, -0.25) is 14.9 Å². The van der Waals surface area contributed by atoms with Gasteiger partial charge in [0.15, 0.2) is 11.5 Å². The normalized spacial score (nSPS) is 12.6. The van der Waals surface area contributed by atoms with Gasteiger partial charge in [-0.15, -0.1) is 0 Å². The molecule has 1 amide bonds. The predicted molar refractivity (Wildman–Crippen MR) is 127 cm³/mol. The third-order valence-corrected chi connectivity index (χ3v) is 6.00. The first-order chi connectivity index (χ1) is 16.5. The summed E-state index contributed by atoms with van der Waals surface area (Å²) in [6.07, 6.45) is 0. The fourth-order valence-electron chi connectivity index (χ4n) is 4.41. The molecule has 34 heavy (non-hydrogen) atoms. The Labute approximate surface area is 195 Å². The van der Waals surface area contributed by atoms with Gasteiger partial charge in [0.2, 0.25) is 0 Å². The Morgan fingerprint density at radius 3 is 2.47 bits per heavy atom. The number of hydrogen-bond acceptors (Lipinski definition) is 6. The molecule has 0 N–H and O–H groups in total. The van der Waals surface area contributed by atoms with Gasteiger partial charge < -0.3 is 14.4 Å². The van der Waals surface area contributed by atoms with Crippen LogP contribution in [0.3, 0.4) is 0 Å². The Morgan fingerprint density at radius 2 is 1.76 bits per heavy atom. The van der Waals surface area contributed by atoms with Crippen molar-refractivity contribution >= 4 is 22.5 Å². The lowest BCUT2D eigenvalue weighted by atomic mass is 9.95. The number of amides is 1. The number of aromatic nitrogens is 1. The van der Waals surface area contributed by atoms with Crippen molar-refractivity contribution in [3.8, 4) is 22.6 Å². The second-order valence-electron chi connectivity index (χ2n) is 7.99. The molecule has 0 fully saturated rings. The second kappa shape index (κ2) is 8.47. The first-order valence-electron chi connectivity index (χ1n) is 10.7. The molecular weight excluding hydrogens is 434 g/mol. The van der Waals surface area contributed by atoms with Crippen LogP contribution < -0.4 is 9.47 Å². The number of carbonyl (C=O) groups excluding carboxylic acids is 1. The number of benzene rings is 3. The van der Waals surface area contributed by atoms with E-state index in [1.807, 2.05) is 48.5 Å². The quantitative estimate of drug-likeness (QED) is 0.301. The number of rotatable bonds is 6. The summed E-state index contributed by atoms with van der Waals surface area (Å²) in [4.78, 5) is 30.7. The van der Waals surface area contributed by atoms with Crippen LogP contribution in [0.2, 0.25) is 0 Å². The zero-order valence-electron chi connectivity index (χ0n) is 18.6. The van der Waals surface area contributed by atoms with Gasteiger partial charge in [-0.25, -0.2) is 4.98 Å². The molecule has 0 saturated heterocycles. The van der Waals surface area contributed by atoms with Crippen LogP contribution in [0.1, 0.15) is 21.6 Å². The average Bonchev–Trinajstić information content (AvgIpc) is 3.17. The smallest absolute Gasteiger partial charge is 0.273 e. The van der Waals surface area contributed by atoms with Crippen LogP contribution in [-0.2, 0) is 13.1 Å². The predicted octanol–water partition coefficient (Wildman–Crippen LogP) is 4.98. The molecular formula is C26H21N3O5. The number of nitrogens with zero attached hydrogens (tertiary/aromatic N) is 3. The van der Waals surface area contributed by atoms with Crippen LogP contribution in [0.4, 0.5) is 5.69 Å². The Bertz CT molecular complexity index is 1440. The molecule has 2 heterocycles. The number of non-ortho nitro benzene ring substituents is 1. The number of nitro groups is 1. The number of pyridine rings is 1. The highest BCUT2D eigenvalue weighted by molar-refractivity contribution is 6.06. The summed E-state index contributed by atoms with van der Waals surface area (Å²) in [5.74, 6) is 1.02. The van der Waals surface area contributed by atoms with Crippen molar-refractivity contribution in [3.63, 3.8) is 0 Å². The van der Waals surface area contributed by atoms with Crippen LogP contribution in [0.5, 0.6) is 11.5 Å². The van der Waals surface area contributed by atoms with E-state index in [-0.39, 0.29) is 11.6 Å². The minimum absolute atomic E-state index is 0.0158. The third kappa shape index (κ3) is 3.59. The molecule has 1 aromatic heterocycles. The fraction of sp³-hybridized carbons (Fsp3) is 0.154. The lowest BCUT2D eigenvalue weighted by Gasteiger charge is -2.17. The number of fused-ring (bicyclic) bond motifs is 2. The van der Waals surface area contributed by atoms with Crippen molar-refractivity contribution in [1.82, 2.24) is 9.88 Å². The molecule has 8 heteroatoms. The van der Waals surface area contributed by atoms with Gasteiger partial charge in [-0.1, -0.05) is 36.4 Å². The molecule has 170 valence electrons. The van der Waals surface area contributed by atoms with Gasteiger partial charge in [-0.2, -0.15) is 0 Å². The molecule has 0 bridgehead atoms. The minimum atomic E-state index is -0.421. The van der Waals surface area contributed by atoms with Crippen LogP contribution >= 0.6 is 0 Å². The number of hydrogen-bond donors (Lipinski definition) is 0. The molecule has 0 spiro atoms. The number of nitro benzene ring substituents is 1. The van der Waals surface area contributed by atoms with Crippen LogP contribution in [0.15, 0.2) is 66.7 Å². The first kappa shape index (κ1) is 21.4. The lowest BCUT2D eigenvalue weighted by Crippen LogP contribution is -2.23. The van der Waals surface area contributed by atoms with Crippen LogP contribution in [0, 0.1) is 10.1 Å². The van der Waals surface area contributed by atoms with Crippen LogP contribution in [-0.4, -0.2) is 34.9 Å². The molecule has 5 rings (SSSR count). The van der Waals surface area contributed by atoms with E-state index in [0.29, 0.717) is 41.2 Å². The summed E-state index contributed by atoms with van der Waals surface area (Å²) in [6.45, 7) is 0.707. The maximum Gasteiger partial charge on any atom is 0.273 e. The zero-order chi connectivity index (χ0) is 23.8. The summed E-state index contributed by atoms with van der Waals surface area (Å²) in [5, 5.41) is 12.1. The molecule has 4 aromatic rings. The highest BCUT2D eigenvalue weighted by atomic mass is 16.6. The summed E-state index contributed by atoms with van der Waals surface area (Å²) in [5.41, 5.74) is 4.24. The van der Waals surface area contributed by atoms with E-state index >= 15 is 0 Å². The first-order valence-corrected chi connectivity index (χ1v) is 10.7. The Balaban J connectivity index is 1.61. The summed E-state index contributed by atoms with van der Waals surface area (Å²) in [7, 11) is 3.14. The topological polar surface area (TPSA) is 94.8 Å². The number of methoxy groups -OCH3 is 2. The molecule has 0 radical (unpaired) electrons. The maximum atomic E-state index is 13.4. The maximum absolute atomic E-state index is 13.4. The Hall–Kier alpha value is -4.46. The van der Waals surface area contributed by atoms with Gasteiger partial charge in [0, 0.05) is 36.2 Å².